The molecule has 1 aromatic rings. The summed E-state index contributed by atoms with van der Waals surface area (Å²) in [5, 5.41) is 0. The van der Waals surface area contributed by atoms with Crippen molar-refractivity contribution < 1.29 is 42.5 Å². The van der Waals surface area contributed by atoms with Crippen LogP contribution in [0.25, 0.3) is 0 Å². The fourth-order valence-electron chi connectivity index (χ4n) is 3.91. The van der Waals surface area contributed by atoms with Crippen molar-refractivity contribution in [1.29, 1.82) is 0 Å². The minimum Gasteiger partial charge on any atom is -0.744 e. The first-order valence-electron chi connectivity index (χ1n) is 12.1. The Labute approximate surface area is 208 Å². The zero-order valence-electron chi connectivity index (χ0n) is 19.7. The summed E-state index contributed by atoms with van der Waals surface area (Å²) in [6.45, 7) is 2.27. The molecule has 0 amide bonds. The summed E-state index contributed by atoms with van der Waals surface area (Å²) in [6.07, 6.45) is 23.8. The molecule has 0 saturated carbocycles. The van der Waals surface area contributed by atoms with Gasteiger partial charge in [0.05, 0.1) is 4.90 Å². The summed E-state index contributed by atoms with van der Waals surface area (Å²) in [5.74, 6) is 0. The van der Waals surface area contributed by atoms with Crippen LogP contribution in [0.2, 0.25) is 0 Å². The SMILES string of the molecule is CCCCCCCCCCCCCCCCCCCc1cccc(S(=O)(=O)[O-])c1.[Na+]. The second-order valence-electron chi connectivity index (χ2n) is 8.51. The molecule has 0 aliphatic carbocycles. The molecule has 0 fully saturated rings. The molecule has 0 N–H and O–H groups in total. The normalized spacial score (nSPS) is 11.4. The van der Waals surface area contributed by atoms with Gasteiger partial charge in [0.15, 0.2) is 0 Å². The average molecular weight is 447 g/mol. The van der Waals surface area contributed by atoms with Crippen molar-refractivity contribution >= 4 is 10.1 Å². The number of benzene rings is 1. The van der Waals surface area contributed by atoms with Gasteiger partial charge in [-0.2, -0.15) is 0 Å². The van der Waals surface area contributed by atoms with E-state index in [1.54, 1.807) is 6.07 Å². The Kier molecular flexibility index (Phi) is 19.9. The molecule has 1 aromatic carbocycles. The van der Waals surface area contributed by atoms with Gasteiger partial charge >= 0.3 is 29.6 Å². The van der Waals surface area contributed by atoms with E-state index in [2.05, 4.69) is 6.92 Å². The molecule has 1 rings (SSSR count). The zero-order valence-corrected chi connectivity index (χ0v) is 22.5. The number of rotatable bonds is 19. The smallest absolute Gasteiger partial charge is 0.744 e. The summed E-state index contributed by atoms with van der Waals surface area (Å²) >= 11 is 0. The molecule has 0 spiro atoms. The maximum absolute atomic E-state index is 11.1. The molecule has 0 aliphatic rings. The van der Waals surface area contributed by atoms with E-state index in [4.69, 9.17) is 0 Å². The van der Waals surface area contributed by atoms with Crippen LogP contribution in [-0.2, 0) is 16.5 Å². The minimum atomic E-state index is -4.34. The van der Waals surface area contributed by atoms with Gasteiger partial charge < -0.3 is 4.55 Å². The van der Waals surface area contributed by atoms with E-state index in [1.165, 1.54) is 115 Å². The summed E-state index contributed by atoms with van der Waals surface area (Å²) in [7, 11) is -4.34. The van der Waals surface area contributed by atoms with Crippen LogP contribution in [0.5, 0.6) is 0 Å². The molecule has 0 heterocycles. The van der Waals surface area contributed by atoms with Crippen molar-refractivity contribution in [2.45, 2.75) is 127 Å². The largest absolute Gasteiger partial charge is 1.00 e. The molecule has 0 aromatic heterocycles. The van der Waals surface area contributed by atoms with E-state index in [1.807, 2.05) is 6.07 Å². The topological polar surface area (TPSA) is 57.2 Å². The molecule has 30 heavy (non-hydrogen) atoms. The molecular weight excluding hydrogens is 403 g/mol. The molecule has 0 atom stereocenters. The Morgan fingerprint density at radius 3 is 1.47 bits per heavy atom. The van der Waals surface area contributed by atoms with Crippen LogP contribution in [-0.4, -0.2) is 13.0 Å². The first kappa shape index (κ1) is 30.1. The molecule has 0 bridgehead atoms. The van der Waals surface area contributed by atoms with Crippen molar-refractivity contribution in [2.24, 2.45) is 0 Å². The molecule has 3 nitrogen and oxygen atoms in total. The van der Waals surface area contributed by atoms with Gasteiger partial charge in [0, 0.05) is 0 Å². The predicted octanol–water partition coefficient (Wildman–Crippen LogP) is 4.79. The third kappa shape index (κ3) is 16.8. The van der Waals surface area contributed by atoms with Crippen LogP contribution in [0.4, 0.5) is 0 Å². The van der Waals surface area contributed by atoms with Crippen LogP contribution in [0, 0.1) is 0 Å². The van der Waals surface area contributed by atoms with Crippen molar-refractivity contribution in [3.05, 3.63) is 29.8 Å². The van der Waals surface area contributed by atoms with Gasteiger partial charge in [-0.05, 0) is 30.5 Å². The minimum absolute atomic E-state index is 0. The predicted molar refractivity (Wildman–Crippen MR) is 122 cm³/mol. The van der Waals surface area contributed by atoms with Crippen LogP contribution >= 0.6 is 0 Å². The van der Waals surface area contributed by atoms with E-state index in [9.17, 15) is 13.0 Å². The van der Waals surface area contributed by atoms with Gasteiger partial charge in [-0.3, -0.25) is 0 Å². The summed E-state index contributed by atoms with van der Waals surface area (Å²) in [5.41, 5.74) is 0.947. The maximum atomic E-state index is 11.1. The Morgan fingerprint density at radius 1 is 0.667 bits per heavy atom. The Bertz CT molecular complexity index is 617. The van der Waals surface area contributed by atoms with Crippen molar-refractivity contribution in [3.63, 3.8) is 0 Å². The summed E-state index contributed by atoms with van der Waals surface area (Å²) in [4.78, 5) is -0.109. The van der Waals surface area contributed by atoms with Gasteiger partial charge in [-0.25, -0.2) is 8.42 Å². The fraction of sp³-hybridized carbons (Fsp3) is 0.760. The fourth-order valence-corrected chi connectivity index (χ4v) is 4.45. The van der Waals surface area contributed by atoms with E-state index in [-0.39, 0.29) is 34.5 Å². The van der Waals surface area contributed by atoms with E-state index < -0.39 is 10.1 Å². The summed E-state index contributed by atoms with van der Waals surface area (Å²) < 4.78 is 33.2. The van der Waals surface area contributed by atoms with Crippen LogP contribution in [0.1, 0.15) is 122 Å². The quantitative estimate of drug-likeness (QED) is 0.174. The van der Waals surface area contributed by atoms with Crippen molar-refractivity contribution in [2.75, 3.05) is 0 Å². The Balaban J connectivity index is 0.00000841. The van der Waals surface area contributed by atoms with Crippen LogP contribution in [0.15, 0.2) is 29.2 Å². The molecular formula is C25H43NaO3S. The van der Waals surface area contributed by atoms with Crippen molar-refractivity contribution in [3.8, 4) is 0 Å². The standard InChI is InChI=1S/C25H44O3S.Na/c1-2-3-4-5-6-7-8-9-10-11-12-13-14-15-16-17-18-20-24-21-19-22-25(23-24)29(26,27)28;/h19,21-23H,2-18,20H2,1H3,(H,26,27,28);/q;+1/p-1. The molecule has 0 saturated heterocycles. The molecule has 5 heteroatoms. The Hall–Kier alpha value is 0.130. The second-order valence-corrected chi connectivity index (χ2v) is 9.89. The van der Waals surface area contributed by atoms with Gasteiger partial charge in [0.25, 0.3) is 0 Å². The van der Waals surface area contributed by atoms with Gasteiger partial charge in [-0.1, -0.05) is 122 Å². The molecule has 0 radical (unpaired) electrons. The third-order valence-electron chi connectivity index (χ3n) is 5.76. The average Bonchev–Trinajstić information content (AvgIpc) is 2.70. The molecule has 168 valence electrons. The monoisotopic (exact) mass is 446 g/mol. The number of unbranched alkanes of at least 4 members (excludes halogenated alkanes) is 16. The van der Waals surface area contributed by atoms with Crippen LogP contribution in [0.3, 0.4) is 0 Å². The van der Waals surface area contributed by atoms with Gasteiger partial charge in [0.2, 0.25) is 0 Å². The first-order valence-corrected chi connectivity index (χ1v) is 13.5. The molecule has 0 aliphatic heterocycles. The van der Waals surface area contributed by atoms with Crippen molar-refractivity contribution in [1.82, 2.24) is 0 Å². The van der Waals surface area contributed by atoms with Crippen LogP contribution < -0.4 is 29.6 Å². The first-order chi connectivity index (χ1) is 14.0. The second kappa shape index (κ2) is 19.8. The third-order valence-corrected chi connectivity index (χ3v) is 6.59. The van der Waals surface area contributed by atoms with E-state index in [0.717, 1.165) is 18.4 Å². The zero-order chi connectivity index (χ0) is 21.2. The summed E-state index contributed by atoms with van der Waals surface area (Å²) in [6, 6.07) is 6.46. The van der Waals surface area contributed by atoms with E-state index >= 15 is 0 Å². The molecule has 0 unspecified atom stereocenters. The number of hydrogen-bond acceptors (Lipinski definition) is 3. The van der Waals surface area contributed by atoms with Gasteiger partial charge in [0.1, 0.15) is 10.1 Å². The maximum Gasteiger partial charge on any atom is 1.00 e. The van der Waals surface area contributed by atoms with E-state index in [0.29, 0.717) is 0 Å². The number of aryl methyl sites for hydroxylation is 1. The number of hydrogen-bond donors (Lipinski definition) is 0. The van der Waals surface area contributed by atoms with Gasteiger partial charge in [-0.15, -0.1) is 0 Å². The Morgan fingerprint density at radius 2 is 1.07 bits per heavy atom.